The Kier molecular flexibility index (Phi) is 9.45. The first-order chi connectivity index (χ1) is 15.9. The summed E-state index contributed by atoms with van der Waals surface area (Å²) in [6.07, 6.45) is 6.35. The largest absolute Gasteiger partial charge is 0.484 e. The van der Waals surface area contributed by atoms with E-state index < -0.39 is 6.04 Å². The van der Waals surface area contributed by atoms with E-state index in [0.717, 1.165) is 37.7 Å². The smallest absolute Gasteiger partial charge is 0.261 e. The molecule has 0 heterocycles. The molecule has 1 atom stereocenters. The Morgan fingerprint density at radius 2 is 1.70 bits per heavy atom. The number of halogens is 2. The maximum absolute atomic E-state index is 13.2. The van der Waals surface area contributed by atoms with Gasteiger partial charge in [-0.05, 0) is 61.6 Å². The topological polar surface area (TPSA) is 58.6 Å². The van der Waals surface area contributed by atoms with Crippen molar-refractivity contribution >= 4 is 35.0 Å². The van der Waals surface area contributed by atoms with Crippen LogP contribution in [0.4, 0.5) is 0 Å². The standard InChI is InChI=1S/C26H32Cl2N2O3/c1-3-19-9-12-22(13-10-19)33-17-25(31)30(16-20-11-14-23(27)24(28)15-20)18(2)26(32)29-21-7-5-4-6-8-21/h9-15,18,21H,3-8,16-17H2,1-2H3,(H,29,32)/t18-/m1/s1. The number of aryl methyl sites for hydroxylation is 1. The Bertz CT molecular complexity index is 943. The van der Waals surface area contributed by atoms with Gasteiger partial charge in [0, 0.05) is 12.6 Å². The molecule has 0 unspecified atom stereocenters. The number of benzene rings is 2. The number of amides is 2. The maximum Gasteiger partial charge on any atom is 0.261 e. The summed E-state index contributed by atoms with van der Waals surface area (Å²) in [5, 5.41) is 3.98. The molecule has 0 radical (unpaired) electrons. The minimum absolute atomic E-state index is 0.150. The zero-order valence-corrected chi connectivity index (χ0v) is 20.8. The molecular weight excluding hydrogens is 459 g/mol. The summed E-state index contributed by atoms with van der Waals surface area (Å²) in [5.41, 5.74) is 1.99. The number of hydrogen-bond donors (Lipinski definition) is 1. The highest BCUT2D eigenvalue weighted by Gasteiger charge is 2.28. The molecule has 178 valence electrons. The number of nitrogens with one attached hydrogen (secondary N) is 1. The lowest BCUT2D eigenvalue weighted by molar-refractivity contribution is -0.142. The van der Waals surface area contributed by atoms with E-state index in [-0.39, 0.29) is 31.0 Å². The van der Waals surface area contributed by atoms with E-state index >= 15 is 0 Å². The average molecular weight is 491 g/mol. The van der Waals surface area contributed by atoms with E-state index in [9.17, 15) is 9.59 Å². The third-order valence-electron chi connectivity index (χ3n) is 6.15. The summed E-state index contributed by atoms with van der Waals surface area (Å²) >= 11 is 12.2. The van der Waals surface area contributed by atoms with Crippen LogP contribution in [0.1, 0.15) is 57.1 Å². The summed E-state index contributed by atoms with van der Waals surface area (Å²) in [6, 6.07) is 12.4. The van der Waals surface area contributed by atoms with Crippen molar-refractivity contribution in [2.24, 2.45) is 0 Å². The summed E-state index contributed by atoms with van der Waals surface area (Å²) in [6.45, 7) is 3.91. The molecule has 2 aromatic rings. The second-order valence-electron chi connectivity index (χ2n) is 8.58. The number of carbonyl (C=O) groups is 2. The van der Waals surface area contributed by atoms with Crippen molar-refractivity contribution in [2.75, 3.05) is 6.61 Å². The highest BCUT2D eigenvalue weighted by molar-refractivity contribution is 6.42. The number of rotatable bonds is 9. The van der Waals surface area contributed by atoms with Gasteiger partial charge in [-0.3, -0.25) is 9.59 Å². The Balaban J connectivity index is 1.71. The average Bonchev–Trinajstić information content (AvgIpc) is 2.83. The molecule has 5 nitrogen and oxygen atoms in total. The SMILES string of the molecule is CCc1ccc(OCC(=O)N(Cc2ccc(Cl)c(Cl)c2)[C@H](C)C(=O)NC2CCCCC2)cc1. The van der Waals surface area contributed by atoms with Gasteiger partial charge in [-0.1, -0.05) is 67.6 Å². The van der Waals surface area contributed by atoms with Crippen LogP contribution in [0, 0.1) is 0 Å². The Morgan fingerprint density at radius 1 is 1.03 bits per heavy atom. The first kappa shape index (κ1) is 25.4. The van der Waals surface area contributed by atoms with Crippen molar-refractivity contribution in [3.8, 4) is 5.75 Å². The van der Waals surface area contributed by atoms with Crippen molar-refractivity contribution in [1.29, 1.82) is 0 Å². The fraction of sp³-hybridized carbons (Fsp3) is 0.462. The molecule has 0 aliphatic heterocycles. The van der Waals surface area contributed by atoms with Crippen molar-refractivity contribution in [3.05, 3.63) is 63.6 Å². The van der Waals surface area contributed by atoms with Crippen LogP contribution >= 0.6 is 23.2 Å². The highest BCUT2D eigenvalue weighted by Crippen LogP contribution is 2.24. The molecule has 0 bridgehead atoms. The van der Waals surface area contributed by atoms with Crippen LogP contribution in [0.2, 0.25) is 10.0 Å². The summed E-state index contributed by atoms with van der Waals surface area (Å²) < 4.78 is 5.74. The third-order valence-corrected chi connectivity index (χ3v) is 6.89. The third kappa shape index (κ3) is 7.38. The normalized spacial score (nSPS) is 15.0. The molecule has 1 aliphatic rings. The van der Waals surface area contributed by atoms with Gasteiger partial charge in [0.05, 0.1) is 10.0 Å². The van der Waals surface area contributed by atoms with E-state index in [2.05, 4.69) is 12.2 Å². The molecular formula is C26H32Cl2N2O3. The van der Waals surface area contributed by atoms with Gasteiger partial charge in [-0.25, -0.2) is 0 Å². The van der Waals surface area contributed by atoms with Gasteiger partial charge in [0.15, 0.2) is 6.61 Å². The molecule has 0 spiro atoms. The van der Waals surface area contributed by atoms with Crippen molar-refractivity contribution in [1.82, 2.24) is 10.2 Å². The lowest BCUT2D eigenvalue weighted by Crippen LogP contribution is -2.51. The van der Waals surface area contributed by atoms with E-state index in [4.69, 9.17) is 27.9 Å². The van der Waals surface area contributed by atoms with Crippen LogP contribution in [0.15, 0.2) is 42.5 Å². The zero-order chi connectivity index (χ0) is 23.8. The van der Waals surface area contributed by atoms with Crippen molar-refractivity contribution in [2.45, 2.75) is 71.0 Å². The molecule has 0 aromatic heterocycles. The van der Waals surface area contributed by atoms with E-state index in [1.165, 1.54) is 16.9 Å². The monoisotopic (exact) mass is 490 g/mol. The minimum atomic E-state index is -0.653. The Hall–Kier alpha value is -2.24. The Labute approximate surface area is 206 Å². The zero-order valence-electron chi connectivity index (χ0n) is 19.3. The predicted octanol–water partition coefficient (Wildman–Crippen LogP) is 5.80. The van der Waals surface area contributed by atoms with Gasteiger partial charge in [0.2, 0.25) is 5.91 Å². The second-order valence-corrected chi connectivity index (χ2v) is 9.39. The van der Waals surface area contributed by atoms with Gasteiger partial charge in [-0.2, -0.15) is 0 Å². The first-order valence-corrected chi connectivity index (χ1v) is 12.4. The second kappa shape index (κ2) is 12.3. The van der Waals surface area contributed by atoms with Crippen molar-refractivity contribution < 1.29 is 14.3 Å². The fourth-order valence-corrected chi connectivity index (χ4v) is 4.36. The van der Waals surface area contributed by atoms with Crippen LogP contribution in [-0.2, 0) is 22.6 Å². The van der Waals surface area contributed by atoms with Gasteiger partial charge >= 0.3 is 0 Å². The lowest BCUT2D eigenvalue weighted by Gasteiger charge is -2.31. The van der Waals surface area contributed by atoms with E-state index in [0.29, 0.717) is 15.8 Å². The molecule has 2 amide bonds. The lowest BCUT2D eigenvalue weighted by atomic mass is 9.95. The molecule has 7 heteroatoms. The molecule has 1 aliphatic carbocycles. The molecule has 0 saturated heterocycles. The fourth-order valence-electron chi connectivity index (χ4n) is 4.04. The molecule has 2 aromatic carbocycles. The quantitative estimate of drug-likeness (QED) is 0.482. The van der Waals surface area contributed by atoms with Crippen LogP contribution < -0.4 is 10.1 Å². The molecule has 3 rings (SSSR count). The van der Waals surface area contributed by atoms with Gasteiger partial charge in [0.25, 0.3) is 5.91 Å². The maximum atomic E-state index is 13.2. The first-order valence-electron chi connectivity index (χ1n) is 11.6. The Morgan fingerprint density at radius 3 is 2.33 bits per heavy atom. The van der Waals surface area contributed by atoms with Crippen LogP contribution in [0.3, 0.4) is 0 Å². The summed E-state index contributed by atoms with van der Waals surface area (Å²) in [7, 11) is 0. The number of nitrogens with zero attached hydrogens (tertiary/aromatic N) is 1. The van der Waals surface area contributed by atoms with E-state index in [1.807, 2.05) is 30.3 Å². The van der Waals surface area contributed by atoms with Gasteiger partial charge < -0.3 is 15.0 Å². The molecule has 1 N–H and O–H groups in total. The molecule has 33 heavy (non-hydrogen) atoms. The number of ether oxygens (including phenoxy) is 1. The van der Waals surface area contributed by atoms with E-state index in [1.54, 1.807) is 19.1 Å². The van der Waals surface area contributed by atoms with Gasteiger partial charge in [0.1, 0.15) is 11.8 Å². The minimum Gasteiger partial charge on any atom is -0.484 e. The van der Waals surface area contributed by atoms with Crippen molar-refractivity contribution in [3.63, 3.8) is 0 Å². The summed E-state index contributed by atoms with van der Waals surface area (Å²) in [5.74, 6) is 0.198. The van der Waals surface area contributed by atoms with Crippen LogP contribution in [0.5, 0.6) is 5.75 Å². The summed E-state index contributed by atoms with van der Waals surface area (Å²) in [4.78, 5) is 27.8. The molecule has 1 saturated carbocycles. The highest BCUT2D eigenvalue weighted by atomic mass is 35.5. The van der Waals surface area contributed by atoms with Gasteiger partial charge in [-0.15, -0.1) is 0 Å². The number of carbonyl (C=O) groups excluding carboxylic acids is 2. The van der Waals surface area contributed by atoms with Crippen LogP contribution in [0.25, 0.3) is 0 Å². The van der Waals surface area contributed by atoms with Crippen LogP contribution in [-0.4, -0.2) is 35.4 Å². The number of hydrogen-bond acceptors (Lipinski definition) is 3. The molecule has 1 fully saturated rings. The predicted molar refractivity (Wildman–Crippen MR) is 133 cm³/mol.